The lowest BCUT2D eigenvalue weighted by atomic mass is 10.2. The molecule has 1 amide bonds. The molecule has 0 aliphatic heterocycles. The molecule has 0 atom stereocenters. The summed E-state index contributed by atoms with van der Waals surface area (Å²) < 4.78 is 40.3. The predicted octanol–water partition coefficient (Wildman–Crippen LogP) is 2.93. The van der Waals surface area contributed by atoms with Crippen LogP contribution in [0.5, 0.6) is 0 Å². The van der Waals surface area contributed by atoms with Gasteiger partial charge in [0.1, 0.15) is 5.82 Å². The molecule has 0 saturated heterocycles. The highest BCUT2D eigenvalue weighted by atomic mass is 32.2. The van der Waals surface area contributed by atoms with Crippen LogP contribution in [0.1, 0.15) is 19.4 Å². The number of anilines is 1. The fourth-order valence-electron chi connectivity index (χ4n) is 2.87. The van der Waals surface area contributed by atoms with Crippen molar-refractivity contribution >= 4 is 21.6 Å². The topological polar surface area (TPSA) is 69.7 Å². The van der Waals surface area contributed by atoms with Gasteiger partial charge < -0.3 is 5.32 Å². The minimum Gasteiger partial charge on any atom is -0.325 e. The number of benzene rings is 2. The monoisotopic (exact) mass is 407 g/mol. The van der Waals surface area contributed by atoms with E-state index in [-0.39, 0.29) is 29.7 Å². The number of carbonyl (C=O) groups is 1. The molecule has 0 fully saturated rings. The first-order valence-electron chi connectivity index (χ1n) is 9.10. The largest absolute Gasteiger partial charge is 0.325 e. The van der Waals surface area contributed by atoms with E-state index in [1.807, 2.05) is 0 Å². The zero-order chi connectivity index (χ0) is 20.7. The van der Waals surface area contributed by atoms with E-state index in [4.69, 9.17) is 0 Å². The molecule has 28 heavy (non-hydrogen) atoms. The van der Waals surface area contributed by atoms with E-state index in [2.05, 4.69) is 5.32 Å². The Balaban J connectivity index is 2.03. The van der Waals surface area contributed by atoms with Gasteiger partial charge in [-0.2, -0.15) is 4.31 Å². The second-order valence-corrected chi connectivity index (χ2v) is 8.37. The van der Waals surface area contributed by atoms with Crippen LogP contribution in [-0.2, 0) is 21.4 Å². The normalized spacial score (nSPS) is 11.8. The summed E-state index contributed by atoms with van der Waals surface area (Å²) in [5.74, 6) is -0.625. The van der Waals surface area contributed by atoms with Crippen LogP contribution in [0.15, 0.2) is 53.4 Å². The standard InChI is InChI=1S/C20H26FN3O3S/c1-4-24(5-2)28(26,27)18-11-8-10-17(13-18)22-20(25)15-23(3)14-16-9-6-7-12-19(16)21/h6-13H,4-5,14-15H2,1-3H3,(H,22,25). The summed E-state index contributed by atoms with van der Waals surface area (Å²) in [5.41, 5.74) is 0.905. The van der Waals surface area contributed by atoms with Crippen molar-refractivity contribution in [1.82, 2.24) is 9.21 Å². The molecule has 0 bridgehead atoms. The molecule has 0 heterocycles. The van der Waals surface area contributed by atoms with E-state index >= 15 is 0 Å². The highest BCUT2D eigenvalue weighted by Crippen LogP contribution is 2.19. The molecule has 0 saturated carbocycles. The van der Waals surface area contributed by atoms with Gasteiger partial charge >= 0.3 is 0 Å². The van der Waals surface area contributed by atoms with Crippen LogP contribution in [0.3, 0.4) is 0 Å². The van der Waals surface area contributed by atoms with Gasteiger partial charge in [-0.05, 0) is 31.3 Å². The third-order valence-electron chi connectivity index (χ3n) is 4.27. The second kappa shape index (κ2) is 9.77. The van der Waals surface area contributed by atoms with Gasteiger partial charge in [-0.25, -0.2) is 12.8 Å². The van der Waals surface area contributed by atoms with E-state index in [1.165, 1.54) is 22.5 Å². The third kappa shape index (κ3) is 5.60. The van der Waals surface area contributed by atoms with Crippen LogP contribution in [-0.4, -0.2) is 50.2 Å². The molecule has 0 aromatic heterocycles. The molecular formula is C20H26FN3O3S. The highest BCUT2D eigenvalue weighted by Gasteiger charge is 2.22. The van der Waals surface area contributed by atoms with Crippen molar-refractivity contribution in [3.63, 3.8) is 0 Å². The molecular weight excluding hydrogens is 381 g/mol. The van der Waals surface area contributed by atoms with E-state index < -0.39 is 10.0 Å². The Kier molecular flexibility index (Phi) is 7.68. The zero-order valence-electron chi connectivity index (χ0n) is 16.4. The number of nitrogens with zero attached hydrogens (tertiary/aromatic N) is 2. The molecule has 0 unspecified atom stereocenters. The first-order chi connectivity index (χ1) is 13.3. The smallest absolute Gasteiger partial charge is 0.243 e. The Bertz CT molecular complexity index is 914. The average molecular weight is 408 g/mol. The number of nitrogens with one attached hydrogen (secondary N) is 1. The molecule has 152 valence electrons. The molecule has 2 aromatic carbocycles. The van der Waals surface area contributed by atoms with Gasteiger partial charge in [0.2, 0.25) is 15.9 Å². The Morgan fingerprint density at radius 1 is 1.07 bits per heavy atom. The van der Waals surface area contributed by atoms with Crippen molar-refractivity contribution in [2.24, 2.45) is 0 Å². The molecule has 8 heteroatoms. The van der Waals surface area contributed by atoms with Crippen molar-refractivity contribution < 1.29 is 17.6 Å². The summed E-state index contributed by atoms with van der Waals surface area (Å²) in [6.07, 6.45) is 0. The maximum Gasteiger partial charge on any atom is 0.243 e. The van der Waals surface area contributed by atoms with Crippen molar-refractivity contribution in [3.8, 4) is 0 Å². The van der Waals surface area contributed by atoms with Gasteiger partial charge in [0, 0.05) is 30.9 Å². The molecule has 0 spiro atoms. The fraction of sp³-hybridized carbons (Fsp3) is 0.350. The lowest BCUT2D eigenvalue weighted by molar-refractivity contribution is -0.117. The maximum absolute atomic E-state index is 13.7. The first-order valence-corrected chi connectivity index (χ1v) is 10.5. The molecule has 0 aliphatic carbocycles. The molecule has 2 aromatic rings. The van der Waals surface area contributed by atoms with Gasteiger partial charge in [0.25, 0.3) is 0 Å². The number of hydrogen-bond donors (Lipinski definition) is 1. The van der Waals surface area contributed by atoms with Crippen LogP contribution in [0.2, 0.25) is 0 Å². The van der Waals surface area contributed by atoms with E-state index in [1.54, 1.807) is 56.1 Å². The first kappa shape index (κ1) is 22.0. The summed E-state index contributed by atoms with van der Waals surface area (Å²) in [4.78, 5) is 14.1. The van der Waals surface area contributed by atoms with E-state index in [0.29, 0.717) is 24.3 Å². The number of rotatable bonds is 9. The number of sulfonamides is 1. The molecule has 1 N–H and O–H groups in total. The van der Waals surface area contributed by atoms with Gasteiger partial charge in [-0.15, -0.1) is 0 Å². The fourth-order valence-corrected chi connectivity index (χ4v) is 4.37. The maximum atomic E-state index is 13.7. The summed E-state index contributed by atoms with van der Waals surface area (Å²) >= 11 is 0. The van der Waals surface area contributed by atoms with E-state index in [9.17, 15) is 17.6 Å². The van der Waals surface area contributed by atoms with Gasteiger partial charge in [0.05, 0.1) is 11.4 Å². The highest BCUT2D eigenvalue weighted by molar-refractivity contribution is 7.89. The van der Waals surface area contributed by atoms with Crippen LogP contribution < -0.4 is 5.32 Å². The summed E-state index contributed by atoms with van der Waals surface area (Å²) in [5, 5.41) is 2.70. The van der Waals surface area contributed by atoms with Crippen molar-refractivity contribution in [2.75, 3.05) is 32.0 Å². The van der Waals surface area contributed by atoms with Gasteiger partial charge in [0.15, 0.2) is 0 Å². The predicted molar refractivity (Wildman–Crippen MR) is 108 cm³/mol. The van der Waals surface area contributed by atoms with Gasteiger partial charge in [-0.1, -0.05) is 38.1 Å². The Morgan fingerprint density at radius 3 is 2.39 bits per heavy atom. The Hall–Kier alpha value is -2.29. The van der Waals surface area contributed by atoms with Crippen LogP contribution in [0.25, 0.3) is 0 Å². The molecule has 2 rings (SSSR count). The van der Waals surface area contributed by atoms with E-state index in [0.717, 1.165) is 0 Å². The minimum atomic E-state index is -3.60. The summed E-state index contributed by atoms with van der Waals surface area (Å²) in [6, 6.07) is 12.6. The molecule has 6 nitrogen and oxygen atoms in total. The summed E-state index contributed by atoms with van der Waals surface area (Å²) in [7, 11) is -1.88. The lowest BCUT2D eigenvalue weighted by Gasteiger charge is -2.19. The number of halogens is 1. The third-order valence-corrected chi connectivity index (χ3v) is 6.32. The Morgan fingerprint density at radius 2 is 1.75 bits per heavy atom. The number of carbonyl (C=O) groups excluding carboxylic acids is 1. The average Bonchev–Trinajstić information content (AvgIpc) is 2.64. The summed E-state index contributed by atoms with van der Waals surface area (Å²) in [6.45, 7) is 4.63. The van der Waals surface area contributed by atoms with Gasteiger partial charge in [-0.3, -0.25) is 9.69 Å². The lowest BCUT2D eigenvalue weighted by Crippen LogP contribution is -2.31. The van der Waals surface area contributed by atoms with Crippen molar-refractivity contribution in [3.05, 3.63) is 59.9 Å². The second-order valence-electron chi connectivity index (χ2n) is 6.43. The van der Waals surface area contributed by atoms with Crippen LogP contribution in [0, 0.1) is 5.82 Å². The van der Waals surface area contributed by atoms with Crippen LogP contribution in [0.4, 0.5) is 10.1 Å². The number of amides is 1. The van der Waals surface area contributed by atoms with Crippen LogP contribution >= 0.6 is 0 Å². The van der Waals surface area contributed by atoms with Crippen molar-refractivity contribution in [2.45, 2.75) is 25.3 Å². The Labute approximate surface area is 166 Å². The molecule has 0 radical (unpaired) electrons. The quantitative estimate of drug-likeness (QED) is 0.694. The van der Waals surface area contributed by atoms with Crippen molar-refractivity contribution in [1.29, 1.82) is 0 Å². The number of hydrogen-bond acceptors (Lipinski definition) is 4. The zero-order valence-corrected chi connectivity index (χ0v) is 17.2. The SMILES string of the molecule is CCN(CC)S(=O)(=O)c1cccc(NC(=O)CN(C)Cc2ccccc2F)c1. The molecule has 0 aliphatic rings. The minimum absolute atomic E-state index is 0.0430. The number of likely N-dealkylation sites (N-methyl/N-ethyl adjacent to an activating group) is 1.